The van der Waals surface area contributed by atoms with Crippen LogP contribution in [0.15, 0.2) is 71.2 Å². The van der Waals surface area contributed by atoms with Gasteiger partial charge in [0, 0.05) is 0 Å². The Labute approximate surface area is 197 Å². The van der Waals surface area contributed by atoms with Crippen molar-refractivity contribution in [3.8, 4) is 0 Å². The molecule has 1 aliphatic carbocycles. The Morgan fingerprint density at radius 2 is 1.13 bits per heavy atom. The van der Waals surface area contributed by atoms with Crippen LogP contribution in [0.4, 0.5) is 0 Å². The molecule has 0 nitrogen and oxygen atoms in total. The summed E-state index contributed by atoms with van der Waals surface area (Å²) in [7, 11) is -3.53. The molecule has 2 aromatic carbocycles. The summed E-state index contributed by atoms with van der Waals surface area (Å²) in [5, 5.41) is 3.12. The van der Waals surface area contributed by atoms with Gasteiger partial charge in [-0.25, -0.2) is 0 Å². The summed E-state index contributed by atoms with van der Waals surface area (Å²) in [4.78, 5) is 0. The molecular formula is C25H39Cl2CrPSi. The molecule has 3 rings (SSSR count). The summed E-state index contributed by atoms with van der Waals surface area (Å²) in [6.45, 7) is 9.79. The first-order valence-electron chi connectivity index (χ1n) is 10.1. The van der Waals surface area contributed by atoms with E-state index < -0.39 is 16.6 Å². The smallest absolute Gasteiger partial charge is 0.147 e. The fourth-order valence-corrected chi connectivity index (χ4v) is 37.0. The zero-order valence-electron chi connectivity index (χ0n) is 19.7. The second-order valence-corrected chi connectivity index (χ2v) is 47.9. The van der Waals surface area contributed by atoms with Crippen LogP contribution in [0.25, 0.3) is 0 Å². The average Bonchev–Trinajstić information content (AvgIpc) is 3.14. The minimum absolute atomic E-state index is 0. The van der Waals surface area contributed by atoms with Crippen molar-refractivity contribution in [3.63, 3.8) is 0 Å². The summed E-state index contributed by atoms with van der Waals surface area (Å²) in [6, 6.07) is 18.9. The zero-order valence-corrected chi connectivity index (χ0v) is 24.5. The Balaban J connectivity index is 0.00000225. The van der Waals surface area contributed by atoms with Crippen molar-refractivity contribution in [1.29, 1.82) is 0 Å². The number of allylic oxidation sites excluding steroid dienone is 4. The number of halogens is 2. The minimum Gasteiger partial charge on any atom is -0.147 e. The van der Waals surface area contributed by atoms with Gasteiger partial charge in [-0.05, 0) is 0 Å². The summed E-state index contributed by atoms with van der Waals surface area (Å²) >= 11 is 0. The number of hydrogen-bond acceptors (Lipinski definition) is 0. The van der Waals surface area contributed by atoms with Gasteiger partial charge in [0.15, 0.2) is 0 Å². The Kier molecular flexibility index (Phi) is 7.90. The van der Waals surface area contributed by atoms with Crippen molar-refractivity contribution >= 4 is 49.2 Å². The fourth-order valence-electron chi connectivity index (χ4n) is 4.00. The van der Waals surface area contributed by atoms with Gasteiger partial charge in [0.25, 0.3) is 0 Å². The Bertz CT molecular complexity index is 906. The summed E-state index contributed by atoms with van der Waals surface area (Å²) in [5.74, 6) is 10.8. The van der Waals surface area contributed by atoms with E-state index in [-0.39, 0.29) is 32.3 Å². The second-order valence-electron chi connectivity index (χ2n) is 10.9. The maximum Gasteiger partial charge on any atom is -0.147 e. The van der Waals surface area contributed by atoms with Gasteiger partial charge in [-0.3, -0.25) is 0 Å². The van der Waals surface area contributed by atoms with Crippen LogP contribution in [0.5, 0.6) is 0 Å². The van der Waals surface area contributed by atoms with Crippen molar-refractivity contribution in [3.05, 3.63) is 82.3 Å². The molecule has 0 radical (unpaired) electrons. The van der Waals surface area contributed by atoms with Crippen LogP contribution in [-0.2, 0) is 10.3 Å². The molecule has 0 aromatic heterocycles. The summed E-state index contributed by atoms with van der Waals surface area (Å²) in [6.07, 6.45) is 6.49. The van der Waals surface area contributed by atoms with Gasteiger partial charge in [-0.1, -0.05) is 0 Å². The molecule has 0 amide bonds. The van der Waals surface area contributed by atoms with E-state index in [2.05, 4.69) is 117 Å². The van der Waals surface area contributed by atoms with E-state index in [4.69, 9.17) is 0 Å². The molecule has 0 unspecified atom stereocenters. The normalized spacial score (nSPS) is 16.2. The molecule has 168 valence electrons. The van der Waals surface area contributed by atoms with Gasteiger partial charge in [-0.15, -0.1) is 24.8 Å². The minimum atomic E-state index is -3.15. The topological polar surface area (TPSA) is 0 Å². The van der Waals surface area contributed by atoms with Crippen LogP contribution in [0.2, 0.25) is 36.2 Å². The van der Waals surface area contributed by atoms with E-state index in [9.17, 15) is 0 Å². The molecule has 0 atom stereocenters. The Morgan fingerprint density at radius 1 is 0.733 bits per heavy atom. The molecular weight excluding hydrogens is 482 g/mol. The van der Waals surface area contributed by atoms with Crippen molar-refractivity contribution < 1.29 is 10.3 Å². The van der Waals surface area contributed by atoms with Crippen molar-refractivity contribution in [2.24, 2.45) is 0 Å². The molecule has 1 aliphatic rings. The van der Waals surface area contributed by atoms with E-state index in [1.54, 1.807) is 15.0 Å². The molecule has 0 fully saturated rings. The van der Waals surface area contributed by atoms with Gasteiger partial charge < -0.3 is 0 Å². The van der Waals surface area contributed by atoms with E-state index in [1.165, 1.54) is 11.1 Å². The molecule has 5 heteroatoms. The van der Waals surface area contributed by atoms with Crippen LogP contribution in [0.1, 0.15) is 17.5 Å². The molecule has 0 bridgehead atoms. The van der Waals surface area contributed by atoms with E-state index >= 15 is 0 Å². The first-order valence-corrected chi connectivity index (χ1v) is 22.8. The quantitative estimate of drug-likeness (QED) is 0.273. The molecule has 0 saturated heterocycles. The van der Waals surface area contributed by atoms with Crippen LogP contribution >= 0.6 is 32.3 Å². The van der Waals surface area contributed by atoms with Crippen molar-refractivity contribution in [1.82, 2.24) is 0 Å². The monoisotopic (exact) mass is 520 g/mol. The van der Waals surface area contributed by atoms with Gasteiger partial charge in [0.2, 0.25) is 0 Å². The summed E-state index contributed by atoms with van der Waals surface area (Å²) < 4.78 is 1.75. The Hall–Kier alpha value is -0.321. The third-order valence-electron chi connectivity index (χ3n) is 7.29. The SMILES string of the molecule is Cc1ccc(P(c2ccc(C)cc2)[Si](C)(C)[Cr]([CH3])([CH3])([CH3])([CH3])[C]2=CC=CC2)cc1.Cl.Cl. The van der Waals surface area contributed by atoms with Gasteiger partial charge in [-0.2, -0.15) is 0 Å². The standard InChI is InChI=1S/C16H20PSi.C5H5.4CH3.2ClH.Cr/c1-13-5-9-15(10-6-13)17(18(3)4)16-11-7-14(2)8-12-16;1-2-4-5-3-1;;;;;;;/h5-12H,1-4H3;1-3H,4H2;4*1H3;2*1H;. The fraction of sp³-hybridized carbons (Fsp3) is 0.360. The van der Waals surface area contributed by atoms with E-state index in [0.717, 1.165) is 6.42 Å². The Morgan fingerprint density at radius 3 is 1.47 bits per heavy atom. The largest absolute Gasteiger partial charge is 0.147 e. The van der Waals surface area contributed by atoms with E-state index in [1.807, 2.05) is 0 Å². The first-order chi connectivity index (χ1) is 12.8. The zero-order chi connectivity index (χ0) is 20.9. The van der Waals surface area contributed by atoms with Crippen LogP contribution in [-0.4, -0.2) is 6.30 Å². The maximum absolute atomic E-state index is 3.15. The first kappa shape index (κ1) is 27.7. The second kappa shape index (κ2) is 8.55. The molecule has 0 N–H and O–H groups in total. The predicted molar refractivity (Wildman–Crippen MR) is 146 cm³/mol. The van der Waals surface area contributed by atoms with Gasteiger partial charge >= 0.3 is 173 Å². The summed E-state index contributed by atoms with van der Waals surface area (Å²) in [5.41, 5.74) is 2.70. The van der Waals surface area contributed by atoms with Crippen molar-refractivity contribution in [2.45, 2.75) is 56.5 Å². The van der Waals surface area contributed by atoms with Crippen LogP contribution < -0.4 is 10.6 Å². The number of aryl methyl sites for hydroxylation is 2. The van der Waals surface area contributed by atoms with Crippen LogP contribution in [0, 0.1) is 13.8 Å². The molecule has 30 heavy (non-hydrogen) atoms. The number of hydrogen-bond donors (Lipinski definition) is 0. The van der Waals surface area contributed by atoms with Gasteiger partial charge in [0.1, 0.15) is 0 Å². The third kappa shape index (κ3) is 4.57. The molecule has 0 spiro atoms. The average molecular weight is 522 g/mol. The molecule has 2 aromatic rings. The third-order valence-corrected chi connectivity index (χ3v) is 58.3. The van der Waals surface area contributed by atoms with Gasteiger partial charge in [0.05, 0.1) is 0 Å². The molecule has 0 heterocycles. The number of rotatable bonds is 5. The predicted octanol–water partition coefficient (Wildman–Crippen LogP) is 8.54. The maximum atomic E-state index is 2.70. The van der Waals surface area contributed by atoms with Crippen LogP contribution in [0.3, 0.4) is 0 Å². The molecule has 0 aliphatic heterocycles. The van der Waals surface area contributed by atoms with Crippen molar-refractivity contribution in [2.75, 3.05) is 0 Å². The van der Waals surface area contributed by atoms with E-state index in [0.29, 0.717) is 0 Å². The molecule has 0 saturated carbocycles. The number of benzene rings is 2.